The average molecular weight is 293 g/mol. The van der Waals surface area contributed by atoms with Gasteiger partial charge in [0.1, 0.15) is 6.04 Å². The van der Waals surface area contributed by atoms with E-state index in [2.05, 4.69) is 5.32 Å². The van der Waals surface area contributed by atoms with Gasteiger partial charge in [-0.1, -0.05) is 37.8 Å². The molecule has 4 nitrogen and oxygen atoms in total. The predicted octanol–water partition coefficient (Wildman–Crippen LogP) is 3.13. The summed E-state index contributed by atoms with van der Waals surface area (Å²) in [6.07, 6.45) is 12.2. The van der Waals surface area contributed by atoms with E-state index in [0.29, 0.717) is 12.3 Å². The standard InChI is InChI=1S/C17H27NO3/c1-2-3-8-15(17(20)21)18-16(19)14-10-9-12-6-4-5-7-13(12)11-14/h2-3,12-15H,4-11H2,1H3,(H,18,19)(H,20,21)/b3-2+. The van der Waals surface area contributed by atoms with E-state index in [9.17, 15) is 14.7 Å². The van der Waals surface area contributed by atoms with Gasteiger partial charge in [-0.25, -0.2) is 4.79 Å². The van der Waals surface area contributed by atoms with Crippen molar-refractivity contribution < 1.29 is 14.7 Å². The van der Waals surface area contributed by atoms with Crippen LogP contribution in [0.1, 0.15) is 58.3 Å². The summed E-state index contributed by atoms with van der Waals surface area (Å²) >= 11 is 0. The number of nitrogens with one attached hydrogen (secondary N) is 1. The number of carbonyl (C=O) groups is 2. The SMILES string of the molecule is C/C=C/CC(NC(=O)C1CCC2CCCCC2C1)C(=O)O. The second-order valence-corrected chi connectivity index (χ2v) is 6.52. The van der Waals surface area contributed by atoms with Gasteiger partial charge < -0.3 is 10.4 Å². The van der Waals surface area contributed by atoms with Crippen LogP contribution >= 0.6 is 0 Å². The molecule has 2 aliphatic carbocycles. The number of amides is 1. The molecule has 0 radical (unpaired) electrons. The molecule has 2 fully saturated rings. The number of allylic oxidation sites excluding steroid dienone is 1. The Morgan fingerprint density at radius 3 is 2.57 bits per heavy atom. The minimum atomic E-state index is -0.951. The first-order valence-corrected chi connectivity index (χ1v) is 8.26. The first-order chi connectivity index (χ1) is 10.1. The molecule has 0 aliphatic heterocycles. The number of carboxylic acids is 1. The van der Waals surface area contributed by atoms with Crippen LogP contribution in [0.3, 0.4) is 0 Å². The zero-order valence-electron chi connectivity index (χ0n) is 12.9. The van der Waals surface area contributed by atoms with Crippen molar-refractivity contribution in [2.75, 3.05) is 0 Å². The number of rotatable bonds is 5. The molecule has 2 rings (SSSR count). The summed E-state index contributed by atoms with van der Waals surface area (Å²) in [4.78, 5) is 23.6. The van der Waals surface area contributed by atoms with E-state index in [0.717, 1.165) is 25.2 Å². The lowest BCUT2D eigenvalue weighted by Crippen LogP contribution is -2.45. The topological polar surface area (TPSA) is 66.4 Å². The van der Waals surface area contributed by atoms with Crippen LogP contribution in [0.25, 0.3) is 0 Å². The first-order valence-electron chi connectivity index (χ1n) is 8.26. The molecule has 0 bridgehead atoms. The highest BCUT2D eigenvalue weighted by Gasteiger charge is 2.35. The van der Waals surface area contributed by atoms with E-state index >= 15 is 0 Å². The maximum atomic E-state index is 12.4. The molecule has 4 unspecified atom stereocenters. The number of fused-ring (bicyclic) bond motifs is 1. The van der Waals surface area contributed by atoms with E-state index in [1.54, 1.807) is 6.08 Å². The molecule has 2 saturated carbocycles. The molecule has 4 atom stereocenters. The van der Waals surface area contributed by atoms with Crippen LogP contribution in [-0.4, -0.2) is 23.0 Å². The van der Waals surface area contributed by atoms with Crippen LogP contribution in [-0.2, 0) is 9.59 Å². The number of hydrogen-bond donors (Lipinski definition) is 2. The molecule has 4 heteroatoms. The summed E-state index contributed by atoms with van der Waals surface area (Å²) in [5.74, 6) is 0.490. The van der Waals surface area contributed by atoms with Crippen molar-refractivity contribution in [2.24, 2.45) is 17.8 Å². The minimum absolute atomic E-state index is 0.0109. The number of aliphatic carboxylic acids is 1. The third kappa shape index (κ3) is 4.32. The van der Waals surface area contributed by atoms with Gasteiger partial charge in [-0.2, -0.15) is 0 Å². The molecular formula is C17H27NO3. The van der Waals surface area contributed by atoms with Crippen molar-refractivity contribution in [3.05, 3.63) is 12.2 Å². The second kappa shape index (κ2) is 7.62. The van der Waals surface area contributed by atoms with Crippen LogP contribution in [0, 0.1) is 17.8 Å². The third-order valence-corrected chi connectivity index (χ3v) is 5.13. The highest BCUT2D eigenvalue weighted by Crippen LogP contribution is 2.42. The first kappa shape index (κ1) is 16.1. The summed E-state index contributed by atoms with van der Waals surface area (Å²) in [6, 6.07) is -0.794. The smallest absolute Gasteiger partial charge is 0.326 e. The van der Waals surface area contributed by atoms with Crippen molar-refractivity contribution in [3.8, 4) is 0 Å². The largest absolute Gasteiger partial charge is 0.480 e. The van der Waals surface area contributed by atoms with Crippen LogP contribution in [0.5, 0.6) is 0 Å². The highest BCUT2D eigenvalue weighted by atomic mass is 16.4. The predicted molar refractivity (Wildman–Crippen MR) is 81.8 cm³/mol. The monoisotopic (exact) mass is 293 g/mol. The molecule has 2 aliphatic rings. The molecule has 2 N–H and O–H groups in total. The van der Waals surface area contributed by atoms with Gasteiger partial charge in [-0.3, -0.25) is 4.79 Å². The van der Waals surface area contributed by atoms with Crippen molar-refractivity contribution in [1.82, 2.24) is 5.32 Å². The highest BCUT2D eigenvalue weighted by molar-refractivity contribution is 5.85. The van der Waals surface area contributed by atoms with Gasteiger partial charge >= 0.3 is 5.97 Å². The van der Waals surface area contributed by atoms with E-state index < -0.39 is 12.0 Å². The van der Waals surface area contributed by atoms with Crippen molar-refractivity contribution in [3.63, 3.8) is 0 Å². The summed E-state index contributed by atoms with van der Waals surface area (Å²) in [6.45, 7) is 1.85. The zero-order chi connectivity index (χ0) is 15.2. The van der Waals surface area contributed by atoms with Gasteiger partial charge in [0, 0.05) is 5.92 Å². The molecule has 21 heavy (non-hydrogen) atoms. The van der Waals surface area contributed by atoms with Crippen molar-refractivity contribution in [2.45, 2.75) is 64.3 Å². The van der Waals surface area contributed by atoms with E-state index in [-0.39, 0.29) is 11.8 Å². The fourth-order valence-corrected chi connectivity index (χ4v) is 3.89. The summed E-state index contributed by atoms with van der Waals surface area (Å²) in [5, 5.41) is 11.9. The van der Waals surface area contributed by atoms with Crippen molar-refractivity contribution >= 4 is 11.9 Å². The quantitative estimate of drug-likeness (QED) is 0.765. The maximum Gasteiger partial charge on any atom is 0.326 e. The lowest BCUT2D eigenvalue weighted by Gasteiger charge is -2.39. The van der Waals surface area contributed by atoms with Gasteiger partial charge in [0.15, 0.2) is 0 Å². The van der Waals surface area contributed by atoms with Gasteiger partial charge in [0.25, 0.3) is 0 Å². The van der Waals surface area contributed by atoms with Crippen LogP contribution < -0.4 is 5.32 Å². The Kier molecular flexibility index (Phi) is 5.83. The Balaban J connectivity index is 1.88. The second-order valence-electron chi connectivity index (χ2n) is 6.52. The molecule has 0 aromatic carbocycles. The molecule has 0 saturated heterocycles. The van der Waals surface area contributed by atoms with E-state index in [1.807, 2.05) is 13.0 Å². The lowest BCUT2D eigenvalue weighted by atomic mass is 9.67. The van der Waals surface area contributed by atoms with Gasteiger partial charge in [-0.15, -0.1) is 0 Å². The maximum absolute atomic E-state index is 12.4. The number of carboxylic acid groups (broad SMARTS) is 1. The Hall–Kier alpha value is -1.32. The Morgan fingerprint density at radius 2 is 1.90 bits per heavy atom. The number of hydrogen-bond acceptors (Lipinski definition) is 2. The van der Waals surface area contributed by atoms with Gasteiger partial charge in [0.2, 0.25) is 5.91 Å². The normalized spacial score (nSPS) is 30.6. The van der Waals surface area contributed by atoms with Gasteiger partial charge in [-0.05, 0) is 44.4 Å². The van der Waals surface area contributed by atoms with Gasteiger partial charge in [0.05, 0.1) is 0 Å². The molecule has 118 valence electrons. The zero-order valence-corrected chi connectivity index (χ0v) is 12.9. The Labute approximate surface area is 127 Å². The minimum Gasteiger partial charge on any atom is -0.480 e. The lowest BCUT2D eigenvalue weighted by molar-refractivity contribution is -0.142. The molecule has 0 spiro atoms. The summed E-state index contributed by atoms with van der Waals surface area (Å²) < 4.78 is 0. The van der Waals surface area contributed by atoms with Crippen molar-refractivity contribution in [1.29, 1.82) is 0 Å². The van der Waals surface area contributed by atoms with Crippen LogP contribution in [0.4, 0.5) is 0 Å². The Morgan fingerprint density at radius 1 is 1.19 bits per heavy atom. The molecule has 1 amide bonds. The molecular weight excluding hydrogens is 266 g/mol. The van der Waals surface area contributed by atoms with Crippen LogP contribution in [0.2, 0.25) is 0 Å². The van der Waals surface area contributed by atoms with E-state index in [4.69, 9.17) is 0 Å². The fourth-order valence-electron chi connectivity index (χ4n) is 3.89. The van der Waals surface area contributed by atoms with Crippen LogP contribution in [0.15, 0.2) is 12.2 Å². The van der Waals surface area contributed by atoms with E-state index in [1.165, 1.54) is 25.7 Å². The number of carbonyl (C=O) groups excluding carboxylic acids is 1. The molecule has 0 aromatic heterocycles. The summed E-state index contributed by atoms with van der Waals surface area (Å²) in [5.41, 5.74) is 0. The summed E-state index contributed by atoms with van der Waals surface area (Å²) in [7, 11) is 0. The molecule has 0 heterocycles. The molecule has 0 aromatic rings. The fraction of sp³-hybridized carbons (Fsp3) is 0.765. The average Bonchev–Trinajstić information content (AvgIpc) is 2.50. The third-order valence-electron chi connectivity index (χ3n) is 5.13. The Bertz CT molecular complexity index is 405.